The van der Waals surface area contributed by atoms with E-state index in [1.165, 1.54) is 17.0 Å². The lowest BCUT2D eigenvalue weighted by Crippen LogP contribution is -2.44. The topological polar surface area (TPSA) is 66.8 Å². The third-order valence-electron chi connectivity index (χ3n) is 3.77. The Morgan fingerprint density at radius 2 is 2.05 bits per heavy atom. The number of hydrogen-bond donors (Lipinski definition) is 1. The number of carbonyl (C=O) groups is 2. The van der Waals surface area contributed by atoms with E-state index in [4.69, 9.17) is 9.84 Å². The first-order chi connectivity index (χ1) is 10.0. The van der Waals surface area contributed by atoms with E-state index in [2.05, 4.69) is 0 Å². The van der Waals surface area contributed by atoms with Gasteiger partial charge in [0.2, 0.25) is 0 Å². The Hall–Kier alpha value is -2.11. The molecule has 1 fully saturated rings. The Morgan fingerprint density at radius 3 is 2.62 bits per heavy atom. The van der Waals surface area contributed by atoms with Gasteiger partial charge in [-0.3, -0.25) is 4.79 Å². The van der Waals surface area contributed by atoms with Gasteiger partial charge in [0.1, 0.15) is 5.82 Å². The average molecular weight is 295 g/mol. The monoisotopic (exact) mass is 295 g/mol. The molecule has 2 unspecified atom stereocenters. The van der Waals surface area contributed by atoms with E-state index in [-0.39, 0.29) is 30.9 Å². The van der Waals surface area contributed by atoms with Gasteiger partial charge in [-0.05, 0) is 31.0 Å². The second-order valence-corrected chi connectivity index (χ2v) is 5.03. The summed E-state index contributed by atoms with van der Waals surface area (Å²) in [5.74, 6) is -1.39. The summed E-state index contributed by atoms with van der Waals surface area (Å²) < 4.78 is 18.1. The third-order valence-corrected chi connectivity index (χ3v) is 3.77. The Bertz CT molecular complexity index is 517. The first-order valence-electron chi connectivity index (χ1n) is 6.93. The standard InChI is InChI=1S/C15H18FNO4/c1-2-21-14(18)12-7-8-17(15(19)20)9-13(12)10-3-5-11(16)6-4-10/h3-6,12-13H,2,7-9H2,1H3,(H,19,20). The van der Waals surface area contributed by atoms with Crippen LogP contribution in [0.25, 0.3) is 0 Å². The molecule has 0 spiro atoms. The van der Waals surface area contributed by atoms with E-state index in [1.54, 1.807) is 19.1 Å². The molecule has 21 heavy (non-hydrogen) atoms. The van der Waals surface area contributed by atoms with Crippen LogP contribution in [0, 0.1) is 11.7 Å². The summed E-state index contributed by atoms with van der Waals surface area (Å²) >= 11 is 0. The van der Waals surface area contributed by atoms with Gasteiger partial charge >= 0.3 is 12.1 Å². The molecule has 0 bridgehead atoms. The van der Waals surface area contributed by atoms with Gasteiger partial charge in [-0.25, -0.2) is 9.18 Å². The predicted molar refractivity (Wildman–Crippen MR) is 73.5 cm³/mol. The molecule has 1 amide bonds. The van der Waals surface area contributed by atoms with Crippen LogP contribution < -0.4 is 0 Å². The molecule has 114 valence electrons. The number of nitrogens with zero attached hydrogens (tertiary/aromatic N) is 1. The summed E-state index contributed by atoms with van der Waals surface area (Å²) in [5, 5.41) is 9.13. The maximum absolute atomic E-state index is 13.0. The highest BCUT2D eigenvalue weighted by Gasteiger charge is 2.37. The van der Waals surface area contributed by atoms with Gasteiger partial charge in [-0.2, -0.15) is 0 Å². The minimum absolute atomic E-state index is 0.213. The number of halogens is 1. The first-order valence-corrected chi connectivity index (χ1v) is 6.93. The van der Waals surface area contributed by atoms with E-state index in [1.807, 2.05) is 0 Å². The fourth-order valence-corrected chi connectivity index (χ4v) is 2.70. The Labute approximate surface area is 122 Å². The number of amides is 1. The molecule has 0 aromatic heterocycles. The molecule has 2 rings (SSSR count). The molecule has 1 N–H and O–H groups in total. The van der Waals surface area contributed by atoms with Crippen molar-refractivity contribution in [3.8, 4) is 0 Å². The van der Waals surface area contributed by atoms with E-state index in [9.17, 15) is 14.0 Å². The van der Waals surface area contributed by atoms with Crippen LogP contribution in [0.15, 0.2) is 24.3 Å². The van der Waals surface area contributed by atoms with Crippen molar-refractivity contribution < 1.29 is 23.8 Å². The number of benzene rings is 1. The molecular formula is C15H18FNO4. The lowest BCUT2D eigenvalue weighted by atomic mass is 9.81. The molecule has 1 aliphatic rings. The lowest BCUT2D eigenvalue weighted by Gasteiger charge is -2.36. The van der Waals surface area contributed by atoms with Gasteiger partial charge in [0, 0.05) is 19.0 Å². The highest BCUT2D eigenvalue weighted by molar-refractivity contribution is 5.75. The zero-order valence-electron chi connectivity index (χ0n) is 11.8. The largest absolute Gasteiger partial charge is 0.466 e. The maximum Gasteiger partial charge on any atom is 0.407 e. The molecule has 1 aliphatic heterocycles. The highest BCUT2D eigenvalue weighted by atomic mass is 19.1. The number of hydrogen-bond acceptors (Lipinski definition) is 3. The number of rotatable bonds is 3. The highest BCUT2D eigenvalue weighted by Crippen LogP contribution is 2.33. The van der Waals surface area contributed by atoms with E-state index < -0.39 is 12.0 Å². The second kappa shape index (κ2) is 6.56. The van der Waals surface area contributed by atoms with Gasteiger partial charge in [0.25, 0.3) is 0 Å². The van der Waals surface area contributed by atoms with E-state index in [0.29, 0.717) is 13.0 Å². The van der Waals surface area contributed by atoms with Gasteiger partial charge < -0.3 is 14.7 Å². The van der Waals surface area contributed by atoms with E-state index in [0.717, 1.165) is 5.56 Å². The molecule has 6 heteroatoms. The fourth-order valence-electron chi connectivity index (χ4n) is 2.70. The van der Waals surface area contributed by atoms with Crippen LogP contribution in [0.5, 0.6) is 0 Å². The van der Waals surface area contributed by atoms with Crippen molar-refractivity contribution in [3.05, 3.63) is 35.6 Å². The van der Waals surface area contributed by atoms with Crippen LogP contribution in [0.2, 0.25) is 0 Å². The lowest BCUT2D eigenvalue weighted by molar-refractivity contribution is -0.150. The quantitative estimate of drug-likeness (QED) is 0.870. The smallest absolute Gasteiger partial charge is 0.407 e. The summed E-state index contributed by atoms with van der Waals surface area (Å²) in [5.41, 5.74) is 0.750. The molecule has 0 aliphatic carbocycles. The van der Waals surface area contributed by atoms with Crippen molar-refractivity contribution in [2.45, 2.75) is 19.3 Å². The number of ether oxygens (including phenoxy) is 1. The molecular weight excluding hydrogens is 277 g/mol. The predicted octanol–water partition coefficient (Wildman–Crippen LogP) is 2.47. The van der Waals surface area contributed by atoms with Crippen LogP contribution in [-0.2, 0) is 9.53 Å². The minimum atomic E-state index is -1.01. The molecule has 0 saturated carbocycles. The molecule has 1 heterocycles. The van der Waals surface area contributed by atoms with Crippen LogP contribution in [-0.4, -0.2) is 41.8 Å². The number of likely N-dealkylation sites (tertiary alicyclic amines) is 1. The molecule has 1 aromatic rings. The zero-order chi connectivity index (χ0) is 15.4. The molecule has 5 nitrogen and oxygen atoms in total. The van der Waals surface area contributed by atoms with Crippen LogP contribution in [0.3, 0.4) is 0 Å². The van der Waals surface area contributed by atoms with Gasteiger partial charge in [-0.1, -0.05) is 12.1 Å². The van der Waals surface area contributed by atoms with Gasteiger partial charge in [-0.15, -0.1) is 0 Å². The van der Waals surface area contributed by atoms with Crippen LogP contribution in [0.1, 0.15) is 24.8 Å². The Kier molecular flexibility index (Phi) is 4.77. The normalized spacial score (nSPS) is 21.9. The van der Waals surface area contributed by atoms with Crippen molar-refractivity contribution in [2.75, 3.05) is 19.7 Å². The van der Waals surface area contributed by atoms with Crippen LogP contribution >= 0.6 is 0 Å². The fraction of sp³-hybridized carbons (Fsp3) is 0.467. The summed E-state index contributed by atoms with van der Waals surface area (Å²) in [4.78, 5) is 24.5. The molecule has 0 radical (unpaired) electrons. The molecule has 1 saturated heterocycles. The Morgan fingerprint density at radius 1 is 1.38 bits per heavy atom. The number of carbonyl (C=O) groups excluding carboxylic acids is 1. The summed E-state index contributed by atoms with van der Waals surface area (Å²) in [6.07, 6.45) is -0.600. The summed E-state index contributed by atoms with van der Waals surface area (Å²) in [6.45, 7) is 2.53. The third kappa shape index (κ3) is 3.51. The van der Waals surface area contributed by atoms with Gasteiger partial charge in [0.05, 0.1) is 12.5 Å². The number of esters is 1. The van der Waals surface area contributed by atoms with Crippen molar-refractivity contribution in [3.63, 3.8) is 0 Å². The van der Waals surface area contributed by atoms with Crippen LogP contribution in [0.4, 0.5) is 9.18 Å². The number of carboxylic acid groups (broad SMARTS) is 1. The minimum Gasteiger partial charge on any atom is -0.466 e. The van der Waals surface area contributed by atoms with Crippen molar-refractivity contribution in [2.24, 2.45) is 5.92 Å². The van der Waals surface area contributed by atoms with Crippen molar-refractivity contribution >= 4 is 12.1 Å². The number of piperidine rings is 1. The van der Waals surface area contributed by atoms with Gasteiger partial charge in [0.15, 0.2) is 0 Å². The zero-order valence-corrected chi connectivity index (χ0v) is 11.8. The first kappa shape index (κ1) is 15.3. The Balaban J connectivity index is 2.25. The van der Waals surface area contributed by atoms with Crippen molar-refractivity contribution in [1.29, 1.82) is 0 Å². The SMILES string of the molecule is CCOC(=O)C1CCN(C(=O)O)CC1c1ccc(F)cc1. The summed E-state index contributed by atoms with van der Waals surface area (Å²) in [7, 11) is 0. The molecule has 1 aromatic carbocycles. The van der Waals surface area contributed by atoms with E-state index >= 15 is 0 Å². The van der Waals surface area contributed by atoms with Crippen molar-refractivity contribution in [1.82, 2.24) is 4.90 Å². The maximum atomic E-state index is 13.0. The molecule has 2 atom stereocenters. The average Bonchev–Trinajstić information content (AvgIpc) is 2.47. The second-order valence-electron chi connectivity index (χ2n) is 5.03. The summed E-state index contributed by atoms with van der Waals surface area (Å²) in [6, 6.07) is 5.82.